The first-order chi connectivity index (χ1) is 16.0. The lowest BCUT2D eigenvalue weighted by molar-refractivity contribution is -0.384. The standard InChI is InChI=1S/C24H24N6O3/c1-17-19(15-26-27-17)6-5-13-25-23(31)14-20-16-29(21-7-3-2-4-8-21)28-24(20)18-9-11-22(12-10-18)30(32)33/h2-4,7-12,15-16H,5-6,13-14H2,1H3,(H,25,31)(H,26,27). The van der Waals surface area contributed by atoms with Gasteiger partial charge in [0.15, 0.2) is 0 Å². The number of amides is 1. The number of non-ortho nitro benzene ring substituents is 1. The molecule has 0 saturated heterocycles. The van der Waals surface area contributed by atoms with Gasteiger partial charge in [0.2, 0.25) is 5.91 Å². The molecule has 2 N–H and O–H groups in total. The van der Waals surface area contributed by atoms with E-state index in [0.717, 1.165) is 35.3 Å². The number of hydrogen-bond donors (Lipinski definition) is 2. The van der Waals surface area contributed by atoms with Gasteiger partial charge in [-0.3, -0.25) is 20.0 Å². The predicted octanol–water partition coefficient (Wildman–Crippen LogP) is 3.77. The predicted molar refractivity (Wildman–Crippen MR) is 124 cm³/mol. The van der Waals surface area contributed by atoms with E-state index in [1.54, 1.807) is 16.8 Å². The van der Waals surface area contributed by atoms with Gasteiger partial charge >= 0.3 is 0 Å². The second-order valence-corrected chi connectivity index (χ2v) is 7.74. The van der Waals surface area contributed by atoms with E-state index in [1.165, 1.54) is 12.1 Å². The molecule has 0 aliphatic carbocycles. The molecule has 0 saturated carbocycles. The molecule has 4 rings (SSSR count). The lowest BCUT2D eigenvalue weighted by atomic mass is 10.1. The summed E-state index contributed by atoms with van der Waals surface area (Å²) in [6.45, 7) is 2.54. The van der Waals surface area contributed by atoms with Gasteiger partial charge in [0.05, 0.1) is 28.9 Å². The zero-order valence-electron chi connectivity index (χ0n) is 18.2. The number of aryl methyl sites for hydroxylation is 2. The van der Waals surface area contributed by atoms with Gasteiger partial charge in [-0.05, 0) is 49.6 Å². The second-order valence-electron chi connectivity index (χ2n) is 7.74. The smallest absolute Gasteiger partial charge is 0.269 e. The van der Waals surface area contributed by atoms with Crippen LogP contribution in [-0.4, -0.2) is 37.4 Å². The number of nitro benzene ring substituents is 1. The van der Waals surface area contributed by atoms with Crippen LogP contribution in [0.4, 0.5) is 5.69 Å². The van der Waals surface area contributed by atoms with Crippen LogP contribution in [-0.2, 0) is 17.6 Å². The Kier molecular flexibility index (Phi) is 6.58. The fourth-order valence-corrected chi connectivity index (χ4v) is 3.61. The first-order valence-electron chi connectivity index (χ1n) is 10.7. The Labute approximate surface area is 190 Å². The van der Waals surface area contributed by atoms with Crippen LogP contribution in [0.3, 0.4) is 0 Å². The lowest BCUT2D eigenvalue weighted by Gasteiger charge is -2.06. The van der Waals surface area contributed by atoms with Crippen LogP contribution < -0.4 is 5.32 Å². The largest absolute Gasteiger partial charge is 0.356 e. The molecule has 0 unspecified atom stereocenters. The maximum absolute atomic E-state index is 12.7. The van der Waals surface area contributed by atoms with Crippen molar-refractivity contribution in [3.63, 3.8) is 0 Å². The Morgan fingerprint density at radius 1 is 1.12 bits per heavy atom. The van der Waals surface area contributed by atoms with Crippen molar-refractivity contribution in [3.8, 4) is 16.9 Å². The summed E-state index contributed by atoms with van der Waals surface area (Å²) >= 11 is 0. The number of benzene rings is 2. The molecule has 1 amide bonds. The fourth-order valence-electron chi connectivity index (χ4n) is 3.61. The topological polar surface area (TPSA) is 119 Å². The molecule has 0 radical (unpaired) electrons. The summed E-state index contributed by atoms with van der Waals surface area (Å²) in [5.41, 5.74) is 5.15. The monoisotopic (exact) mass is 444 g/mol. The van der Waals surface area contributed by atoms with Crippen LogP contribution in [0.15, 0.2) is 67.0 Å². The number of para-hydroxylation sites is 1. The van der Waals surface area contributed by atoms with Crippen LogP contribution in [0, 0.1) is 17.0 Å². The summed E-state index contributed by atoms with van der Waals surface area (Å²) in [6, 6.07) is 15.8. The highest BCUT2D eigenvalue weighted by Gasteiger charge is 2.16. The summed E-state index contributed by atoms with van der Waals surface area (Å²) in [4.78, 5) is 23.2. The fraction of sp³-hybridized carbons (Fsp3) is 0.208. The third kappa shape index (κ3) is 5.32. The molecule has 0 spiro atoms. The Morgan fingerprint density at radius 3 is 2.55 bits per heavy atom. The number of hydrogen-bond acceptors (Lipinski definition) is 5. The van der Waals surface area contributed by atoms with Gasteiger partial charge in [-0.1, -0.05) is 18.2 Å². The van der Waals surface area contributed by atoms with Crippen molar-refractivity contribution in [2.75, 3.05) is 6.54 Å². The Hall–Kier alpha value is -4.27. The summed E-state index contributed by atoms with van der Waals surface area (Å²) in [5, 5.41) is 25.6. The van der Waals surface area contributed by atoms with Crippen LogP contribution in [0.1, 0.15) is 23.2 Å². The third-order valence-electron chi connectivity index (χ3n) is 5.39. The van der Waals surface area contributed by atoms with E-state index in [4.69, 9.17) is 0 Å². The first-order valence-corrected chi connectivity index (χ1v) is 10.7. The molecule has 0 aliphatic heterocycles. The molecule has 2 aromatic heterocycles. The number of nitrogens with one attached hydrogen (secondary N) is 2. The highest BCUT2D eigenvalue weighted by Crippen LogP contribution is 2.26. The number of carbonyl (C=O) groups is 1. The molecule has 2 aromatic carbocycles. The normalized spacial score (nSPS) is 10.8. The quantitative estimate of drug-likeness (QED) is 0.231. The number of rotatable bonds is 9. The molecule has 9 heteroatoms. The maximum Gasteiger partial charge on any atom is 0.269 e. The van der Waals surface area contributed by atoms with Crippen molar-refractivity contribution in [2.24, 2.45) is 0 Å². The molecule has 0 atom stereocenters. The minimum atomic E-state index is -0.439. The molecule has 9 nitrogen and oxygen atoms in total. The molecular formula is C24H24N6O3. The van der Waals surface area contributed by atoms with Gasteiger partial charge in [-0.15, -0.1) is 0 Å². The number of carbonyl (C=O) groups excluding carboxylic acids is 1. The SMILES string of the molecule is Cc1[nH]ncc1CCCNC(=O)Cc1cn(-c2ccccc2)nc1-c1ccc([N+](=O)[O-])cc1. The number of nitro groups is 1. The Bertz CT molecular complexity index is 1240. The van der Waals surface area contributed by atoms with Gasteiger partial charge in [0, 0.05) is 41.7 Å². The summed E-state index contributed by atoms with van der Waals surface area (Å²) in [6.07, 6.45) is 5.45. The van der Waals surface area contributed by atoms with Crippen molar-refractivity contribution in [1.82, 2.24) is 25.3 Å². The van der Waals surface area contributed by atoms with Crippen LogP contribution in [0.5, 0.6) is 0 Å². The van der Waals surface area contributed by atoms with Gasteiger partial charge in [-0.2, -0.15) is 10.2 Å². The molecule has 168 valence electrons. The number of nitrogens with zero attached hydrogens (tertiary/aromatic N) is 4. The van der Waals surface area contributed by atoms with Gasteiger partial charge < -0.3 is 5.32 Å². The second kappa shape index (κ2) is 9.90. The van der Waals surface area contributed by atoms with E-state index < -0.39 is 4.92 Å². The van der Waals surface area contributed by atoms with E-state index >= 15 is 0 Å². The van der Waals surface area contributed by atoms with Crippen molar-refractivity contribution in [2.45, 2.75) is 26.2 Å². The summed E-state index contributed by atoms with van der Waals surface area (Å²) in [5.74, 6) is -0.102. The minimum Gasteiger partial charge on any atom is -0.356 e. The maximum atomic E-state index is 12.7. The molecule has 4 aromatic rings. The van der Waals surface area contributed by atoms with Gasteiger partial charge in [-0.25, -0.2) is 4.68 Å². The van der Waals surface area contributed by atoms with Gasteiger partial charge in [0.25, 0.3) is 5.69 Å². The lowest BCUT2D eigenvalue weighted by Crippen LogP contribution is -2.26. The minimum absolute atomic E-state index is 0.00777. The highest BCUT2D eigenvalue weighted by molar-refractivity contribution is 5.81. The van der Waals surface area contributed by atoms with Gasteiger partial charge in [0.1, 0.15) is 0 Å². The van der Waals surface area contributed by atoms with Crippen LogP contribution >= 0.6 is 0 Å². The van der Waals surface area contributed by atoms with Crippen molar-refractivity contribution >= 4 is 11.6 Å². The number of aromatic nitrogens is 4. The Morgan fingerprint density at radius 2 is 1.88 bits per heavy atom. The van der Waals surface area contributed by atoms with Crippen LogP contribution in [0.25, 0.3) is 16.9 Å². The molecule has 33 heavy (non-hydrogen) atoms. The molecule has 0 aliphatic rings. The van der Waals surface area contributed by atoms with E-state index in [1.807, 2.05) is 49.6 Å². The highest BCUT2D eigenvalue weighted by atomic mass is 16.6. The van der Waals surface area contributed by atoms with E-state index in [2.05, 4.69) is 20.6 Å². The zero-order chi connectivity index (χ0) is 23.2. The van der Waals surface area contributed by atoms with Crippen molar-refractivity contribution < 1.29 is 9.72 Å². The average Bonchev–Trinajstić information content (AvgIpc) is 3.43. The van der Waals surface area contributed by atoms with Crippen LogP contribution in [0.2, 0.25) is 0 Å². The summed E-state index contributed by atoms with van der Waals surface area (Å²) < 4.78 is 1.72. The number of H-pyrrole nitrogens is 1. The van der Waals surface area contributed by atoms with E-state index in [0.29, 0.717) is 17.8 Å². The zero-order valence-corrected chi connectivity index (χ0v) is 18.2. The summed E-state index contributed by atoms with van der Waals surface area (Å²) in [7, 11) is 0. The molecule has 0 fully saturated rings. The first kappa shape index (κ1) is 21.9. The van der Waals surface area contributed by atoms with Crippen molar-refractivity contribution in [1.29, 1.82) is 0 Å². The number of aromatic amines is 1. The van der Waals surface area contributed by atoms with E-state index in [9.17, 15) is 14.9 Å². The molecule has 0 bridgehead atoms. The van der Waals surface area contributed by atoms with Crippen molar-refractivity contribution in [3.05, 3.63) is 93.9 Å². The van der Waals surface area contributed by atoms with E-state index in [-0.39, 0.29) is 18.0 Å². The third-order valence-corrected chi connectivity index (χ3v) is 5.39. The average molecular weight is 444 g/mol. The molecular weight excluding hydrogens is 420 g/mol. The molecule has 2 heterocycles. The Balaban J connectivity index is 1.49.